The van der Waals surface area contributed by atoms with Crippen LogP contribution in [-0.2, 0) is 4.79 Å². The fourth-order valence-electron chi connectivity index (χ4n) is 0.569. The van der Waals surface area contributed by atoms with Gasteiger partial charge in [-0.3, -0.25) is 4.79 Å². The van der Waals surface area contributed by atoms with Crippen molar-refractivity contribution >= 4 is 23.1 Å². The van der Waals surface area contributed by atoms with E-state index in [0.717, 1.165) is 0 Å². The van der Waals surface area contributed by atoms with Crippen molar-refractivity contribution in [2.75, 3.05) is 0 Å². The van der Waals surface area contributed by atoms with Crippen LogP contribution in [0.4, 0.5) is 0 Å². The van der Waals surface area contributed by atoms with Gasteiger partial charge < -0.3 is 5.53 Å². The third-order valence-electron chi connectivity index (χ3n) is 1.03. The molecule has 1 rings (SSSR count). The smallest absolute Gasteiger partial charge is 0.334 e. The van der Waals surface area contributed by atoms with Crippen LogP contribution in [0.2, 0.25) is 0 Å². The average Bonchev–Trinajstić information content (AvgIpc) is 1.88. The minimum absolute atomic E-state index is 0.162. The second-order valence-electron chi connectivity index (χ2n) is 1.71. The summed E-state index contributed by atoms with van der Waals surface area (Å²) < 4.78 is 0. The number of rotatable bonds is 0. The van der Waals surface area contributed by atoms with Crippen LogP contribution in [0.1, 0.15) is 0 Å². The first-order chi connectivity index (χ1) is 4.74. The van der Waals surface area contributed by atoms with Gasteiger partial charge in [0.2, 0.25) is 0 Å². The van der Waals surface area contributed by atoms with E-state index < -0.39 is 0 Å². The Hall–Kier alpha value is -1.18. The number of nitrogens with zero attached hydrogens (tertiary/aromatic N) is 2. The molecule has 0 aromatic heterocycles. The molecule has 1 aliphatic rings. The lowest BCUT2D eigenvalue weighted by Gasteiger charge is -1.91. The van der Waals surface area contributed by atoms with Gasteiger partial charge >= 0.3 is 5.71 Å². The number of hydrogen-bond donors (Lipinski definition) is 0. The molecule has 0 spiro atoms. The van der Waals surface area contributed by atoms with E-state index in [9.17, 15) is 4.79 Å². The van der Waals surface area contributed by atoms with Crippen molar-refractivity contribution in [3.8, 4) is 0 Å². The molecule has 0 fully saturated rings. The molecule has 0 aromatic rings. The second-order valence-corrected chi connectivity index (χ2v) is 2.12. The van der Waals surface area contributed by atoms with Gasteiger partial charge in [0.15, 0.2) is 5.78 Å². The Bertz CT molecular complexity index is 284. The normalized spacial score (nSPS) is 16.7. The van der Waals surface area contributed by atoms with Crippen LogP contribution in [0.25, 0.3) is 5.53 Å². The van der Waals surface area contributed by atoms with Crippen molar-refractivity contribution in [3.63, 3.8) is 0 Å². The van der Waals surface area contributed by atoms with Crippen LogP contribution < -0.4 is 0 Å². The van der Waals surface area contributed by atoms with Crippen LogP contribution in [-0.4, -0.2) is 16.3 Å². The standard InChI is InChI=1S/C6H3ClN2O/c7-5-3-4(10)1-2-6(5)9-8/h1-3H. The minimum atomic E-state index is -0.197. The monoisotopic (exact) mass is 154 g/mol. The zero-order chi connectivity index (χ0) is 7.56. The van der Waals surface area contributed by atoms with E-state index in [-0.39, 0.29) is 16.5 Å². The maximum absolute atomic E-state index is 10.6. The lowest BCUT2D eigenvalue weighted by atomic mass is 10.2. The number of allylic oxidation sites excluding steroid dienone is 4. The molecular weight excluding hydrogens is 152 g/mol. The molecule has 0 atom stereocenters. The van der Waals surface area contributed by atoms with Crippen LogP contribution in [0.5, 0.6) is 0 Å². The molecule has 0 saturated carbocycles. The quantitative estimate of drug-likeness (QED) is 0.291. The van der Waals surface area contributed by atoms with E-state index >= 15 is 0 Å². The number of carbonyl (C=O) groups excluding carboxylic acids is 1. The van der Waals surface area contributed by atoms with Gasteiger partial charge in [-0.2, -0.15) is 4.79 Å². The first kappa shape index (κ1) is 6.93. The summed E-state index contributed by atoms with van der Waals surface area (Å²) in [4.78, 5) is 13.4. The molecule has 0 aliphatic heterocycles. The summed E-state index contributed by atoms with van der Waals surface area (Å²) in [5.41, 5.74) is 8.46. The Labute approximate surface area is 62.2 Å². The predicted molar refractivity (Wildman–Crippen MR) is 36.7 cm³/mol. The van der Waals surface area contributed by atoms with Gasteiger partial charge in [-0.05, 0) is 6.08 Å². The minimum Gasteiger partial charge on any atom is -0.361 e. The topological polar surface area (TPSA) is 53.5 Å². The van der Waals surface area contributed by atoms with Crippen molar-refractivity contribution in [3.05, 3.63) is 28.8 Å². The fourth-order valence-corrected chi connectivity index (χ4v) is 0.777. The Morgan fingerprint density at radius 1 is 1.50 bits per heavy atom. The molecule has 4 heteroatoms. The van der Waals surface area contributed by atoms with Gasteiger partial charge in [-0.1, -0.05) is 11.6 Å². The van der Waals surface area contributed by atoms with Crippen LogP contribution in [0.3, 0.4) is 0 Å². The number of hydrogen-bond acceptors (Lipinski definition) is 1. The fraction of sp³-hybridized carbons (Fsp3) is 0. The Morgan fingerprint density at radius 2 is 2.20 bits per heavy atom. The second kappa shape index (κ2) is 2.60. The van der Waals surface area contributed by atoms with Crippen LogP contribution in [0.15, 0.2) is 23.3 Å². The molecule has 0 heterocycles. The molecule has 0 aromatic carbocycles. The highest BCUT2D eigenvalue weighted by Gasteiger charge is 2.14. The van der Waals surface area contributed by atoms with Crippen molar-refractivity contribution in [2.45, 2.75) is 0 Å². The van der Waals surface area contributed by atoms with E-state index in [2.05, 4.69) is 4.79 Å². The molecule has 50 valence electrons. The zero-order valence-electron chi connectivity index (χ0n) is 4.91. The Kier molecular flexibility index (Phi) is 1.81. The van der Waals surface area contributed by atoms with Crippen LogP contribution in [0, 0.1) is 0 Å². The number of halogens is 1. The predicted octanol–water partition coefficient (Wildman–Crippen LogP) is 0.919. The van der Waals surface area contributed by atoms with Crippen LogP contribution >= 0.6 is 11.6 Å². The van der Waals surface area contributed by atoms with Crippen molar-refractivity contribution in [1.82, 2.24) is 0 Å². The molecule has 3 nitrogen and oxygen atoms in total. The first-order valence-corrected chi connectivity index (χ1v) is 2.93. The third-order valence-corrected chi connectivity index (χ3v) is 1.33. The maximum Gasteiger partial charge on any atom is 0.334 e. The van der Waals surface area contributed by atoms with Gasteiger partial charge in [-0.15, -0.1) is 0 Å². The molecule has 0 N–H and O–H groups in total. The van der Waals surface area contributed by atoms with Gasteiger partial charge in [-0.25, -0.2) is 0 Å². The SMILES string of the molecule is [N-]=[N+]=C1C=CC(=O)C=C1Cl. The molecule has 0 radical (unpaired) electrons. The van der Waals surface area contributed by atoms with Gasteiger partial charge in [0.05, 0.1) is 0 Å². The molecule has 10 heavy (non-hydrogen) atoms. The van der Waals surface area contributed by atoms with Gasteiger partial charge in [0.1, 0.15) is 5.03 Å². The molecular formula is C6H3ClN2O. The summed E-state index contributed by atoms with van der Waals surface area (Å²) in [5.74, 6) is -0.197. The summed E-state index contributed by atoms with van der Waals surface area (Å²) in [6.45, 7) is 0. The van der Waals surface area contributed by atoms with Gasteiger partial charge in [0.25, 0.3) is 0 Å². The molecule has 1 aliphatic carbocycles. The molecule has 0 amide bonds. The van der Waals surface area contributed by atoms with Crippen molar-refractivity contribution in [2.24, 2.45) is 0 Å². The van der Waals surface area contributed by atoms with E-state index in [0.29, 0.717) is 0 Å². The highest BCUT2D eigenvalue weighted by molar-refractivity contribution is 6.47. The maximum atomic E-state index is 10.6. The lowest BCUT2D eigenvalue weighted by Crippen LogP contribution is -2.04. The summed E-state index contributed by atoms with van der Waals surface area (Å²) in [5, 5.41) is 0.162. The summed E-state index contributed by atoms with van der Waals surface area (Å²) in [6.07, 6.45) is 3.82. The molecule has 0 unspecified atom stereocenters. The molecule has 0 saturated heterocycles. The number of carbonyl (C=O) groups is 1. The Balaban J connectivity index is 3.08. The number of ketones is 1. The highest BCUT2D eigenvalue weighted by atomic mass is 35.5. The van der Waals surface area contributed by atoms with E-state index in [1.54, 1.807) is 0 Å². The largest absolute Gasteiger partial charge is 0.361 e. The summed E-state index contributed by atoms with van der Waals surface area (Å²) >= 11 is 5.48. The third kappa shape index (κ3) is 1.21. The summed E-state index contributed by atoms with van der Waals surface area (Å²) in [6, 6.07) is 0. The van der Waals surface area contributed by atoms with Gasteiger partial charge in [0, 0.05) is 12.2 Å². The van der Waals surface area contributed by atoms with E-state index in [1.165, 1.54) is 18.2 Å². The van der Waals surface area contributed by atoms with Crippen molar-refractivity contribution in [1.29, 1.82) is 0 Å². The van der Waals surface area contributed by atoms with E-state index in [4.69, 9.17) is 17.1 Å². The zero-order valence-corrected chi connectivity index (χ0v) is 5.67. The highest BCUT2D eigenvalue weighted by Crippen LogP contribution is 2.08. The average molecular weight is 155 g/mol. The summed E-state index contributed by atoms with van der Waals surface area (Å²) in [7, 11) is 0. The van der Waals surface area contributed by atoms with E-state index in [1.807, 2.05) is 0 Å². The Morgan fingerprint density at radius 3 is 2.70 bits per heavy atom. The lowest BCUT2D eigenvalue weighted by molar-refractivity contribution is -0.110. The first-order valence-electron chi connectivity index (χ1n) is 2.55. The van der Waals surface area contributed by atoms with Crippen molar-refractivity contribution < 1.29 is 9.58 Å². The molecule has 0 bridgehead atoms.